The van der Waals surface area contributed by atoms with Crippen LogP contribution in [-0.2, 0) is 0 Å². The van der Waals surface area contributed by atoms with Crippen LogP contribution in [-0.4, -0.2) is 38.0 Å². The van der Waals surface area contributed by atoms with E-state index in [0.29, 0.717) is 6.54 Å². The molecule has 0 aromatic heterocycles. The zero-order valence-electron chi connectivity index (χ0n) is 10.2. The molecule has 0 fully saturated rings. The number of hydrogen-bond donors (Lipinski definition) is 2. The quantitative estimate of drug-likeness (QED) is 0.597. The van der Waals surface area contributed by atoms with Gasteiger partial charge < -0.3 is 16.0 Å². The lowest BCUT2D eigenvalue weighted by Gasteiger charge is -2.11. The smallest absolute Gasteiger partial charge is 0.256 e. The number of rotatable bonds is 5. The van der Waals surface area contributed by atoms with Crippen LogP contribution < -0.4 is 11.1 Å². The normalized spacial score (nSPS) is 10.6. The van der Waals surface area contributed by atoms with E-state index in [1.54, 1.807) is 0 Å². The molecule has 0 atom stereocenters. The number of nitrogens with two attached hydrogens (primary N) is 1. The van der Waals surface area contributed by atoms with E-state index in [0.717, 1.165) is 13.0 Å². The second kappa shape index (κ2) is 6.20. The number of nitrogens with one attached hydrogen (secondary N) is 1. The number of anilines is 1. The van der Waals surface area contributed by atoms with Gasteiger partial charge in [-0.25, -0.2) is 4.39 Å². The van der Waals surface area contributed by atoms with E-state index in [2.05, 4.69) is 5.32 Å². The highest BCUT2D eigenvalue weighted by Crippen LogP contribution is 2.14. The number of halogens is 1. The van der Waals surface area contributed by atoms with Gasteiger partial charge in [-0.2, -0.15) is 0 Å². The van der Waals surface area contributed by atoms with E-state index in [1.165, 1.54) is 18.2 Å². The van der Waals surface area contributed by atoms with Crippen molar-refractivity contribution in [2.45, 2.75) is 6.42 Å². The third-order valence-corrected chi connectivity index (χ3v) is 2.34. The summed E-state index contributed by atoms with van der Waals surface area (Å²) < 4.78 is 13.4. The molecule has 0 aliphatic rings. The summed E-state index contributed by atoms with van der Waals surface area (Å²) in [4.78, 5) is 13.7. The van der Waals surface area contributed by atoms with Crippen LogP contribution in [0.4, 0.5) is 10.1 Å². The van der Waals surface area contributed by atoms with Crippen LogP contribution in [0, 0.1) is 5.82 Å². The van der Waals surface area contributed by atoms with Crippen molar-refractivity contribution in [3.05, 3.63) is 29.6 Å². The fourth-order valence-corrected chi connectivity index (χ4v) is 1.47. The lowest BCUT2D eigenvalue weighted by molar-refractivity contribution is 0.0949. The molecule has 0 unspecified atom stereocenters. The average Bonchev–Trinajstić information content (AvgIpc) is 2.24. The minimum Gasteiger partial charge on any atom is -0.398 e. The molecule has 1 aromatic rings. The predicted octanol–water partition coefficient (Wildman–Crippen LogP) is 1.09. The van der Waals surface area contributed by atoms with Crippen LogP contribution in [0.2, 0.25) is 0 Å². The summed E-state index contributed by atoms with van der Waals surface area (Å²) >= 11 is 0. The minimum atomic E-state index is -0.588. The summed E-state index contributed by atoms with van der Waals surface area (Å²) in [5, 5.41) is 2.65. The molecule has 0 saturated carbocycles. The number of amides is 1. The highest BCUT2D eigenvalue weighted by molar-refractivity contribution is 5.99. The number of carbonyl (C=O) groups is 1. The Balaban J connectivity index is 2.53. The molecule has 0 saturated heterocycles. The van der Waals surface area contributed by atoms with Gasteiger partial charge in [-0.3, -0.25) is 4.79 Å². The molecule has 1 aromatic carbocycles. The van der Waals surface area contributed by atoms with Gasteiger partial charge in [0, 0.05) is 12.2 Å². The van der Waals surface area contributed by atoms with E-state index in [-0.39, 0.29) is 11.3 Å². The molecule has 0 aliphatic carbocycles. The number of benzene rings is 1. The Morgan fingerprint density at radius 1 is 1.47 bits per heavy atom. The van der Waals surface area contributed by atoms with Crippen molar-refractivity contribution in [3.63, 3.8) is 0 Å². The fraction of sp³-hybridized carbons (Fsp3) is 0.417. The highest BCUT2D eigenvalue weighted by atomic mass is 19.1. The monoisotopic (exact) mass is 239 g/mol. The number of carbonyl (C=O) groups excluding carboxylic acids is 1. The van der Waals surface area contributed by atoms with E-state index in [9.17, 15) is 9.18 Å². The van der Waals surface area contributed by atoms with Crippen LogP contribution in [0.25, 0.3) is 0 Å². The Bertz CT molecular complexity index is 373. The van der Waals surface area contributed by atoms with Gasteiger partial charge in [-0.1, -0.05) is 6.07 Å². The highest BCUT2D eigenvalue weighted by Gasteiger charge is 2.14. The number of hydrogen-bond acceptors (Lipinski definition) is 3. The lowest BCUT2D eigenvalue weighted by Crippen LogP contribution is -2.28. The maximum absolute atomic E-state index is 13.4. The Morgan fingerprint density at radius 3 is 2.76 bits per heavy atom. The van der Waals surface area contributed by atoms with Crippen LogP contribution in [0.15, 0.2) is 18.2 Å². The van der Waals surface area contributed by atoms with E-state index < -0.39 is 11.7 Å². The lowest BCUT2D eigenvalue weighted by atomic mass is 10.1. The summed E-state index contributed by atoms with van der Waals surface area (Å²) in [6, 6.07) is 4.22. The van der Waals surface area contributed by atoms with E-state index >= 15 is 0 Å². The molecule has 94 valence electrons. The first kappa shape index (κ1) is 13.4. The van der Waals surface area contributed by atoms with Crippen LogP contribution in [0.5, 0.6) is 0 Å². The molecular weight excluding hydrogens is 221 g/mol. The van der Waals surface area contributed by atoms with Gasteiger partial charge in [0.05, 0.1) is 5.56 Å². The van der Waals surface area contributed by atoms with Crippen molar-refractivity contribution in [1.82, 2.24) is 10.2 Å². The molecule has 4 nitrogen and oxygen atoms in total. The first-order chi connectivity index (χ1) is 8.02. The van der Waals surface area contributed by atoms with Gasteiger partial charge in [0.15, 0.2) is 0 Å². The standard InChI is InChI=1S/C12H18FN3O/c1-16(2)8-4-7-15-12(17)11-9(13)5-3-6-10(11)14/h3,5-6H,4,7-8,14H2,1-2H3,(H,15,17). The molecule has 0 aliphatic heterocycles. The molecule has 0 spiro atoms. The van der Waals surface area contributed by atoms with Gasteiger partial charge >= 0.3 is 0 Å². The van der Waals surface area contributed by atoms with E-state index in [4.69, 9.17) is 5.73 Å². The largest absolute Gasteiger partial charge is 0.398 e. The molecule has 1 amide bonds. The molecule has 0 radical (unpaired) electrons. The first-order valence-corrected chi connectivity index (χ1v) is 5.49. The number of nitrogen functional groups attached to an aromatic ring is 1. The van der Waals surface area contributed by atoms with Gasteiger partial charge in [0.1, 0.15) is 5.82 Å². The van der Waals surface area contributed by atoms with Gasteiger partial charge in [0.2, 0.25) is 0 Å². The van der Waals surface area contributed by atoms with Gasteiger partial charge in [-0.05, 0) is 39.2 Å². The van der Waals surface area contributed by atoms with Crippen molar-refractivity contribution < 1.29 is 9.18 Å². The topological polar surface area (TPSA) is 58.4 Å². The maximum atomic E-state index is 13.4. The molecule has 0 bridgehead atoms. The van der Waals surface area contributed by atoms with Crippen molar-refractivity contribution in [3.8, 4) is 0 Å². The SMILES string of the molecule is CN(C)CCCNC(=O)c1c(N)cccc1F. The second-order valence-electron chi connectivity index (χ2n) is 4.12. The third kappa shape index (κ3) is 4.03. The Kier molecular flexibility index (Phi) is 4.90. The van der Waals surface area contributed by atoms with Crippen LogP contribution in [0.3, 0.4) is 0 Å². The van der Waals surface area contributed by atoms with Crippen LogP contribution >= 0.6 is 0 Å². The molecule has 5 heteroatoms. The van der Waals surface area contributed by atoms with Crippen molar-refractivity contribution >= 4 is 11.6 Å². The zero-order chi connectivity index (χ0) is 12.8. The summed E-state index contributed by atoms with van der Waals surface area (Å²) in [7, 11) is 3.91. The molecule has 17 heavy (non-hydrogen) atoms. The fourth-order valence-electron chi connectivity index (χ4n) is 1.47. The van der Waals surface area contributed by atoms with Crippen molar-refractivity contribution in [2.24, 2.45) is 0 Å². The molecule has 0 heterocycles. The summed E-state index contributed by atoms with van der Waals surface area (Å²) in [5.41, 5.74) is 5.66. The summed E-state index contributed by atoms with van der Waals surface area (Å²) in [6.07, 6.45) is 0.813. The van der Waals surface area contributed by atoms with Crippen molar-refractivity contribution in [2.75, 3.05) is 32.9 Å². The second-order valence-corrected chi connectivity index (χ2v) is 4.12. The van der Waals surface area contributed by atoms with Crippen molar-refractivity contribution in [1.29, 1.82) is 0 Å². The zero-order valence-corrected chi connectivity index (χ0v) is 10.2. The predicted molar refractivity (Wildman–Crippen MR) is 66.3 cm³/mol. The van der Waals surface area contributed by atoms with Gasteiger partial charge in [0.25, 0.3) is 5.91 Å². The van der Waals surface area contributed by atoms with Crippen LogP contribution in [0.1, 0.15) is 16.8 Å². The summed E-state index contributed by atoms with van der Waals surface area (Å²) in [6.45, 7) is 1.37. The first-order valence-electron chi connectivity index (χ1n) is 5.49. The Morgan fingerprint density at radius 2 is 2.18 bits per heavy atom. The third-order valence-electron chi connectivity index (χ3n) is 2.34. The minimum absolute atomic E-state index is 0.0719. The Labute approximate surface area is 101 Å². The molecule has 1 rings (SSSR count). The van der Waals surface area contributed by atoms with Gasteiger partial charge in [-0.15, -0.1) is 0 Å². The maximum Gasteiger partial charge on any atom is 0.256 e. The molecule has 3 N–H and O–H groups in total. The van der Waals surface area contributed by atoms with E-state index in [1.807, 2.05) is 19.0 Å². The summed E-state index contributed by atoms with van der Waals surface area (Å²) in [5.74, 6) is -1.05. The number of nitrogens with zero attached hydrogens (tertiary/aromatic N) is 1. The average molecular weight is 239 g/mol. The molecular formula is C12H18FN3O. The Hall–Kier alpha value is -1.62.